The van der Waals surface area contributed by atoms with E-state index in [9.17, 15) is 9.59 Å². The molecule has 2 amide bonds. The number of hydrogen-bond acceptors (Lipinski definition) is 2. The van der Waals surface area contributed by atoms with Gasteiger partial charge in [-0.25, -0.2) is 0 Å². The van der Waals surface area contributed by atoms with Crippen LogP contribution in [0.15, 0.2) is 48.5 Å². The Labute approximate surface area is 160 Å². The molecule has 2 atom stereocenters. The molecule has 0 bridgehead atoms. The molecule has 1 aliphatic heterocycles. The van der Waals surface area contributed by atoms with Crippen LogP contribution in [0.2, 0.25) is 0 Å². The van der Waals surface area contributed by atoms with Crippen LogP contribution in [0.3, 0.4) is 0 Å². The smallest absolute Gasteiger partial charge is 0.225 e. The number of nitrogens with one attached hydrogen (secondary N) is 1. The molecule has 2 aliphatic rings. The topological polar surface area (TPSA) is 49.4 Å². The fourth-order valence-electron chi connectivity index (χ4n) is 4.21. The van der Waals surface area contributed by atoms with E-state index in [2.05, 4.69) is 54.7 Å². The summed E-state index contributed by atoms with van der Waals surface area (Å²) in [5, 5.41) is 3.21. The van der Waals surface area contributed by atoms with Gasteiger partial charge in [0.05, 0.1) is 12.0 Å². The van der Waals surface area contributed by atoms with Crippen molar-refractivity contribution in [3.63, 3.8) is 0 Å². The number of amides is 2. The van der Waals surface area contributed by atoms with Crippen molar-refractivity contribution in [1.82, 2.24) is 10.2 Å². The number of nitrogens with zero attached hydrogens (tertiary/aromatic N) is 1. The number of fused-ring (bicyclic) bond motifs is 1. The molecule has 2 aromatic carbocycles. The minimum absolute atomic E-state index is 0.0106. The third kappa shape index (κ3) is 3.90. The van der Waals surface area contributed by atoms with Crippen LogP contribution >= 0.6 is 0 Å². The molecule has 4 heteroatoms. The van der Waals surface area contributed by atoms with Gasteiger partial charge in [0, 0.05) is 19.5 Å². The Morgan fingerprint density at radius 3 is 2.74 bits per heavy atom. The Balaban J connectivity index is 1.39. The van der Waals surface area contributed by atoms with Crippen LogP contribution in [0.5, 0.6) is 0 Å². The van der Waals surface area contributed by atoms with E-state index in [-0.39, 0.29) is 23.8 Å². The summed E-state index contributed by atoms with van der Waals surface area (Å²) in [4.78, 5) is 27.0. The zero-order valence-electron chi connectivity index (χ0n) is 15.8. The van der Waals surface area contributed by atoms with Crippen molar-refractivity contribution in [3.8, 4) is 0 Å². The van der Waals surface area contributed by atoms with Crippen LogP contribution in [0, 0.1) is 12.8 Å². The van der Waals surface area contributed by atoms with E-state index in [1.165, 1.54) is 16.7 Å². The molecule has 0 saturated carbocycles. The van der Waals surface area contributed by atoms with E-state index in [0.29, 0.717) is 19.5 Å². The molecule has 1 N–H and O–H groups in total. The summed E-state index contributed by atoms with van der Waals surface area (Å²) < 4.78 is 0. The van der Waals surface area contributed by atoms with E-state index in [1.807, 2.05) is 11.0 Å². The number of rotatable bonds is 4. The summed E-state index contributed by atoms with van der Waals surface area (Å²) in [7, 11) is 0. The van der Waals surface area contributed by atoms with Crippen LogP contribution in [0.25, 0.3) is 0 Å². The minimum atomic E-state index is -0.253. The predicted octanol–water partition coefficient (Wildman–Crippen LogP) is 3.54. The van der Waals surface area contributed by atoms with Gasteiger partial charge in [-0.3, -0.25) is 9.59 Å². The van der Waals surface area contributed by atoms with Gasteiger partial charge >= 0.3 is 0 Å². The molecule has 4 nitrogen and oxygen atoms in total. The highest BCUT2D eigenvalue weighted by Gasteiger charge is 2.35. The van der Waals surface area contributed by atoms with Crippen LogP contribution in [-0.2, 0) is 22.6 Å². The fraction of sp³-hybridized carbons (Fsp3) is 0.391. The number of aryl methyl sites for hydroxylation is 2. The van der Waals surface area contributed by atoms with Gasteiger partial charge in [-0.2, -0.15) is 0 Å². The second kappa shape index (κ2) is 7.55. The highest BCUT2D eigenvalue weighted by atomic mass is 16.2. The first-order chi connectivity index (χ1) is 13.1. The van der Waals surface area contributed by atoms with Gasteiger partial charge in [0.25, 0.3) is 0 Å². The fourth-order valence-corrected chi connectivity index (χ4v) is 4.21. The normalized spacial score (nSPS) is 21.8. The molecular weight excluding hydrogens is 336 g/mol. The lowest BCUT2D eigenvalue weighted by Gasteiger charge is -2.27. The summed E-state index contributed by atoms with van der Waals surface area (Å²) in [6.45, 7) is 3.14. The van der Waals surface area contributed by atoms with Crippen molar-refractivity contribution >= 4 is 11.8 Å². The van der Waals surface area contributed by atoms with Crippen LogP contribution in [0.4, 0.5) is 0 Å². The van der Waals surface area contributed by atoms with E-state index >= 15 is 0 Å². The molecule has 1 saturated heterocycles. The highest BCUT2D eigenvalue weighted by molar-refractivity contribution is 5.89. The monoisotopic (exact) mass is 362 g/mol. The first kappa shape index (κ1) is 17.8. The number of likely N-dealkylation sites (tertiary alicyclic amines) is 1. The number of benzene rings is 2. The van der Waals surface area contributed by atoms with E-state index in [4.69, 9.17) is 0 Å². The molecule has 0 unspecified atom stereocenters. The van der Waals surface area contributed by atoms with Gasteiger partial charge in [0.15, 0.2) is 0 Å². The van der Waals surface area contributed by atoms with Crippen molar-refractivity contribution in [3.05, 3.63) is 70.8 Å². The number of carbonyl (C=O) groups is 2. The van der Waals surface area contributed by atoms with Crippen molar-refractivity contribution in [2.45, 2.75) is 45.2 Å². The van der Waals surface area contributed by atoms with Gasteiger partial charge in [-0.05, 0) is 42.9 Å². The maximum absolute atomic E-state index is 12.8. The molecular formula is C23H26N2O2. The molecule has 2 aromatic rings. The zero-order valence-corrected chi connectivity index (χ0v) is 15.8. The summed E-state index contributed by atoms with van der Waals surface area (Å²) >= 11 is 0. The molecule has 27 heavy (non-hydrogen) atoms. The molecule has 4 rings (SSSR count). The summed E-state index contributed by atoms with van der Waals surface area (Å²) in [5.41, 5.74) is 4.88. The quantitative estimate of drug-likeness (QED) is 0.904. The molecule has 1 fully saturated rings. The van der Waals surface area contributed by atoms with Gasteiger partial charge in [-0.1, -0.05) is 54.1 Å². The Hall–Kier alpha value is -2.62. The predicted molar refractivity (Wildman–Crippen MR) is 105 cm³/mol. The molecule has 0 spiro atoms. The average molecular weight is 362 g/mol. The number of carbonyl (C=O) groups excluding carboxylic acids is 2. The maximum atomic E-state index is 12.8. The van der Waals surface area contributed by atoms with E-state index in [0.717, 1.165) is 24.8 Å². The summed E-state index contributed by atoms with van der Waals surface area (Å²) in [6.07, 6.45) is 3.45. The van der Waals surface area contributed by atoms with Gasteiger partial charge in [0.1, 0.15) is 0 Å². The van der Waals surface area contributed by atoms with E-state index < -0.39 is 0 Å². The van der Waals surface area contributed by atoms with Gasteiger partial charge < -0.3 is 10.2 Å². The van der Waals surface area contributed by atoms with Crippen LogP contribution < -0.4 is 5.32 Å². The summed E-state index contributed by atoms with van der Waals surface area (Å²) in [6, 6.07) is 16.6. The lowest BCUT2D eigenvalue weighted by Crippen LogP contribution is -2.36. The molecule has 0 radical (unpaired) electrons. The molecule has 140 valence electrons. The summed E-state index contributed by atoms with van der Waals surface area (Å²) in [5.74, 6) is -0.173. The molecule has 1 heterocycles. The lowest BCUT2D eigenvalue weighted by molar-refractivity contribution is -0.129. The standard InChI is InChI=1S/C23H26N2O2/c1-16-9-11-17(12-10-16)14-25-15-19(13-22(25)26)23(27)24-21-8-4-6-18-5-2-3-7-20(18)21/h2-3,5,7,9-12,19,21H,4,6,8,13-15H2,1H3,(H,24,27)/t19-,21+/m1/s1. The Morgan fingerprint density at radius 1 is 1.15 bits per heavy atom. The van der Waals surface area contributed by atoms with Crippen LogP contribution in [0.1, 0.15) is 47.6 Å². The van der Waals surface area contributed by atoms with Gasteiger partial charge in [0.2, 0.25) is 11.8 Å². The molecule has 0 aromatic heterocycles. The second-order valence-electron chi connectivity index (χ2n) is 7.81. The van der Waals surface area contributed by atoms with E-state index in [1.54, 1.807) is 0 Å². The number of hydrogen-bond donors (Lipinski definition) is 1. The Bertz CT molecular complexity index is 844. The largest absolute Gasteiger partial charge is 0.349 e. The minimum Gasteiger partial charge on any atom is -0.349 e. The van der Waals surface area contributed by atoms with Crippen molar-refractivity contribution in [2.24, 2.45) is 5.92 Å². The second-order valence-corrected chi connectivity index (χ2v) is 7.81. The van der Waals surface area contributed by atoms with Crippen molar-refractivity contribution < 1.29 is 9.59 Å². The van der Waals surface area contributed by atoms with Gasteiger partial charge in [-0.15, -0.1) is 0 Å². The Kier molecular flexibility index (Phi) is 4.97. The third-order valence-corrected chi connectivity index (χ3v) is 5.77. The zero-order chi connectivity index (χ0) is 18.8. The van der Waals surface area contributed by atoms with Crippen molar-refractivity contribution in [2.75, 3.05) is 6.54 Å². The average Bonchev–Trinajstić information content (AvgIpc) is 3.04. The molecule has 1 aliphatic carbocycles. The first-order valence-electron chi connectivity index (χ1n) is 9.81. The van der Waals surface area contributed by atoms with Crippen LogP contribution in [-0.4, -0.2) is 23.3 Å². The third-order valence-electron chi connectivity index (χ3n) is 5.77. The van der Waals surface area contributed by atoms with Crippen molar-refractivity contribution in [1.29, 1.82) is 0 Å². The maximum Gasteiger partial charge on any atom is 0.225 e. The highest BCUT2D eigenvalue weighted by Crippen LogP contribution is 2.30. The lowest BCUT2D eigenvalue weighted by atomic mass is 9.87. The Morgan fingerprint density at radius 2 is 1.93 bits per heavy atom. The first-order valence-corrected chi connectivity index (χ1v) is 9.81. The SMILES string of the molecule is Cc1ccc(CN2C[C@H](C(=O)N[C@H]3CCCc4ccccc43)CC2=O)cc1.